The molecule has 3 N–H and O–H groups in total. The van der Waals surface area contributed by atoms with Gasteiger partial charge in [0.25, 0.3) is 0 Å². The minimum absolute atomic E-state index is 0.132. The number of alkyl carbamates (subject to hydrolysis) is 1. The van der Waals surface area contributed by atoms with Gasteiger partial charge in [0.05, 0.1) is 0 Å². The number of hydrogen-bond donors (Lipinski definition) is 3. The Bertz CT molecular complexity index is 548. The van der Waals surface area contributed by atoms with Crippen LogP contribution in [-0.2, 0) is 16.0 Å². The largest absolute Gasteiger partial charge is 0.480 e. The van der Waals surface area contributed by atoms with Crippen molar-refractivity contribution in [3.63, 3.8) is 0 Å². The second-order valence-electron chi connectivity index (χ2n) is 5.30. The maximum absolute atomic E-state index is 11.6. The summed E-state index contributed by atoms with van der Waals surface area (Å²) in [5, 5.41) is 11.5. The fourth-order valence-corrected chi connectivity index (χ4v) is 1.72. The zero-order valence-corrected chi connectivity index (χ0v) is 12.4. The van der Waals surface area contributed by atoms with Crippen LogP contribution in [0.3, 0.4) is 0 Å². The van der Waals surface area contributed by atoms with E-state index >= 15 is 0 Å². The van der Waals surface area contributed by atoms with E-state index in [-0.39, 0.29) is 6.42 Å². The number of H-pyrrole nitrogens is 1. The van der Waals surface area contributed by atoms with Crippen LogP contribution in [0.5, 0.6) is 0 Å². The Morgan fingerprint density at radius 1 is 1.50 bits per heavy atom. The number of nitrogens with one attached hydrogen (secondary N) is 2. The smallest absolute Gasteiger partial charge is 0.408 e. The molecule has 0 bridgehead atoms. The molecule has 0 aliphatic rings. The van der Waals surface area contributed by atoms with Crippen molar-refractivity contribution in [2.75, 3.05) is 0 Å². The lowest BCUT2D eigenvalue weighted by Gasteiger charge is -2.22. The molecule has 1 heterocycles. The molecule has 0 aromatic carbocycles. The second-order valence-corrected chi connectivity index (χ2v) is 5.74. The Morgan fingerprint density at radius 3 is 2.65 bits per heavy atom. The minimum Gasteiger partial charge on any atom is -0.480 e. The van der Waals surface area contributed by atoms with Crippen LogP contribution in [0.25, 0.3) is 0 Å². The molecule has 1 atom stereocenters. The highest BCUT2D eigenvalue weighted by Crippen LogP contribution is 2.08. The van der Waals surface area contributed by atoms with Gasteiger partial charge in [0, 0.05) is 12.6 Å². The van der Waals surface area contributed by atoms with E-state index in [0.717, 1.165) is 5.56 Å². The van der Waals surface area contributed by atoms with Gasteiger partial charge in [-0.25, -0.2) is 9.59 Å². The van der Waals surface area contributed by atoms with Gasteiger partial charge in [0.15, 0.2) is 0 Å². The fourth-order valence-electron chi connectivity index (χ4n) is 1.50. The Labute approximate surface area is 122 Å². The summed E-state index contributed by atoms with van der Waals surface area (Å²) in [5.41, 5.74) is 0.0417. The van der Waals surface area contributed by atoms with Crippen molar-refractivity contribution in [1.29, 1.82) is 0 Å². The maximum Gasteiger partial charge on any atom is 0.408 e. The Balaban J connectivity index is 2.73. The lowest BCUT2D eigenvalue weighted by molar-refractivity contribution is -0.139. The van der Waals surface area contributed by atoms with E-state index in [9.17, 15) is 9.59 Å². The number of hydrogen-bond acceptors (Lipinski definition) is 4. The molecule has 0 aliphatic carbocycles. The van der Waals surface area contributed by atoms with Crippen molar-refractivity contribution in [2.24, 2.45) is 0 Å². The summed E-state index contributed by atoms with van der Waals surface area (Å²) in [6.07, 6.45) is 1.00. The van der Waals surface area contributed by atoms with Crippen molar-refractivity contribution in [3.05, 3.63) is 28.5 Å². The normalized spacial score (nSPS) is 12.6. The van der Waals surface area contributed by atoms with Crippen LogP contribution in [0.15, 0.2) is 18.3 Å². The van der Waals surface area contributed by atoms with Gasteiger partial charge in [-0.15, -0.1) is 0 Å². The topological polar surface area (TPSA) is 91.4 Å². The molecule has 1 aromatic heterocycles. The maximum atomic E-state index is 11.6. The van der Waals surface area contributed by atoms with E-state index in [1.807, 2.05) is 0 Å². The van der Waals surface area contributed by atoms with E-state index in [2.05, 4.69) is 10.3 Å². The lowest BCUT2D eigenvalue weighted by Crippen LogP contribution is -2.44. The van der Waals surface area contributed by atoms with Gasteiger partial charge in [0.2, 0.25) is 0 Å². The molecule has 1 aromatic rings. The van der Waals surface area contributed by atoms with Crippen molar-refractivity contribution >= 4 is 24.3 Å². The monoisotopic (exact) mass is 298 g/mol. The number of carbonyl (C=O) groups excluding carboxylic acids is 1. The Kier molecular flexibility index (Phi) is 5.26. The molecule has 1 rings (SSSR count). The van der Waals surface area contributed by atoms with Crippen LogP contribution < -0.4 is 5.32 Å². The molecule has 0 radical (unpaired) electrons. The SMILES string of the molecule is CC(C)(C)OC(=O)NC(Cc1cc[nH]c(=S)c1)C(=O)O. The number of pyridine rings is 1. The van der Waals surface area contributed by atoms with Gasteiger partial charge in [-0.05, 0) is 38.5 Å². The first-order valence-electron chi connectivity index (χ1n) is 6.07. The molecule has 1 amide bonds. The van der Waals surface area contributed by atoms with Gasteiger partial charge in [-0.3, -0.25) is 0 Å². The lowest BCUT2D eigenvalue weighted by atomic mass is 10.1. The van der Waals surface area contributed by atoms with Crippen LogP contribution in [-0.4, -0.2) is 33.8 Å². The predicted molar refractivity (Wildman–Crippen MR) is 76.1 cm³/mol. The summed E-state index contributed by atoms with van der Waals surface area (Å²) in [7, 11) is 0. The predicted octanol–water partition coefficient (Wildman–Crippen LogP) is 2.26. The molecule has 0 aliphatic heterocycles. The summed E-state index contributed by atoms with van der Waals surface area (Å²) < 4.78 is 5.54. The Morgan fingerprint density at radius 2 is 2.15 bits per heavy atom. The highest BCUT2D eigenvalue weighted by Gasteiger charge is 2.24. The first kappa shape index (κ1) is 16.2. The number of aliphatic carboxylic acids is 1. The summed E-state index contributed by atoms with van der Waals surface area (Å²) >= 11 is 4.96. The summed E-state index contributed by atoms with van der Waals surface area (Å²) in [6, 6.07) is 2.30. The molecule has 110 valence electrons. The van der Waals surface area contributed by atoms with Crippen molar-refractivity contribution in [2.45, 2.75) is 38.8 Å². The van der Waals surface area contributed by atoms with Gasteiger partial charge in [-0.1, -0.05) is 12.2 Å². The van der Waals surface area contributed by atoms with Crippen LogP contribution in [0.2, 0.25) is 0 Å². The molecule has 6 nitrogen and oxygen atoms in total. The number of amides is 1. The zero-order chi connectivity index (χ0) is 15.3. The number of carboxylic acid groups (broad SMARTS) is 1. The van der Waals surface area contributed by atoms with Gasteiger partial charge < -0.3 is 20.1 Å². The van der Waals surface area contributed by atoms with Gasteiger partial charge in [-0.2, -0.15) is 0 Å². The number of carbonyl (C=O) groups is 2. The Hall–Kier alpha value is -1.89. The number of rotatable bonds is 4. The number of carboxylic acids is 1. The third kappa shape index (κ3) is 5.83. The number of aromatic nitrogens is 1. The zero-order valence-electron chi connectivity index (χ0n) is 11.6. The first-order chi connectivity index (χ1) is 9.17. The quantitative estimate of drug-likeness (QED) is 0.742. The van der Waals surface area contributed by atoms with Crippen LogP contribution in [0.1, 0.15) is 26.3 Å². The molecule has 0 saturated carbocycles. The molecule has 20 heavy (non-hydrogen) atoms. The standard InChI is InChI=1S/C13H18N2O4S/c1-13(2,3)19-12(18)15-9(11(16)17)6-8-4-5-14-10(20)7-8/h4-5,7,9H,6H2,1-3H3,(H,14,20)(H,15,18)(H,16,17). The first-order valence-corrected chi connectivity index (χ1v) is 6.48. The number of ether oxygens (including phenoxy) is 1. The van der Waals surface area contributed by atoms with E-state index in [0.29, 0.717) is 4.64 Å². The summed E-state index contributed by atoms with van der Waals surface area (Å²) in [4.78, 5) is 25.6. The molecule has 7 heteroatoms. The average Bonchev–Trinajstić information content (AvgIpc) is 2.25. The van der Waals surface area contributed by atoms with E-state index in [1.165, 1.54) is 0 Å². The fraction of sp³-hybridized carbons (Fsp3) is 0.462. The molecule has 0 fully saturated rings. The third-order valence-electron chi connectivity index (χ3n) is 2.27. The van der Waals surface area contributed by atoms with E-state index in [1.54, 1.807) is 39.1 Å². The van der Waals surface area contributed by atoms with Crippen LogP contribution >= 0.6 is 12.2 Å². The highest BCUT2D eigenvalue weighted by atomic mass is 32.1. The summed E-state index contributed by atoms with van der Waals surface area (Å²) in [5.74, 6) is -1.13. The third-order valence-corrected chi connectivity index (χ3v) is 2.50. The van der Waals surface area contributed by atoms with Gasteiger partial charge >= 0.3 is 12.1 Å². The minimum atomic E-state index is -1.13. The molecule has 1 unspecified atom stereocenters. The average molecular weight is 298 g/mol. The van der Waals surface area contributed by atoms with E-state index < -0.39 is 23.7 Å². The molecule has 0 spiro atoms. The van der Waals surface area contributed by atoms with Crippen LogP contribution in [0.4, 0.5) is 4.79 Å². The molecular weight excluding hydrogens is 280 g/mol. The molecular formula is C13H18N2O4S. The highest BCUT2D eigenvalue weighted by molar-refractivity contribution is 7.71. The second kappa shape index (κ2) is 6.51. The number of aromatic amines is 1. The van der Waals surface area contributed by atoms with Crippen molar-refractivity contribution in [3.8, 4) is 0 Å². The van der Waals surface area contributed by atoms with Gasteiger partial charge in [0.1, 0.15) is 16.3 Å². The van der Waals surface area contributed by atoms with Crippen molar-refractivity contribution in [1.82, 2.24) is 10.3 Å². The molecule has 0 saturated heterocycles. The summed E-state index contributed by atoms with van der Waals surface area (Å²) in [6.45, 7) is 5.12. The van der Waals surface area contributed by atoms with Crippen LogP contribution in [0, 0.1) is 4.64 Å². The van der Waals surface area contributed by atoms with E-state index in [4.69, 9.17) is 22.1 Å². The van der Waals surface area contributed by atoms with Crippen molar-refractivity contribution < 1.29 is 19.4 Å².